The molecule has 2 aromatic rings. The van der Waals surface area contributed by atoms with Gasteiger partial charge in [-0.1, -0.05) is 45.0 Å². The summed E-state index contributed by atoms with van der Waals surface area (Å²) in [6.07, 6.45) is 0. The molecular formula is C13H16BrN3. The van der Waals surface area contributed by atoms with Crippen LogP contribution in [0.2, 0.25) is 0 Å². The summed E-state index contributed by atoms with van der Waals surface area (Å²) in [5.41, 5.74) is 9.00. The molecule has 0 spiro atoms. The number of hydrogen-bond acceptors (Lipinski definition) is 2. The van der Waals surface area contributed by atoms with Gasteiger partial charge in [-0.05, 0) is 26.9 Å². The molecule has 0 unspecified atom stereocenters. The fourth-order valence-electron chi connectivity index (χ4n) is 1.69. The van der Waals surface area contributed by atoms with Crippen LogP contribution < -0.4 is 5.73 Å². The topological polar surface area (TPSA) is 54.7 Å². The lowest BCUT2D eigenvalue weighted by Gasteiger charge is -2.18. The number of aromatic nitrogens is 2. The summed E-state index contributed by atoms with van der Waals surface area (Å²) >= 11 is 3.41. The lowest BCUT2D eigenvalue weighted by Crippen LogP contribution is -2.10. The van der Waals surface area contributed by atoms with E-state index in [-0.39, 0.29) is 5.41 Å². The highest BCUT2D eigenvalue weighted by atomic mass is 79.9. The van der Waals surface area contributed by atoms with Crippen LogP contribution in [0.25, 0.3) is 11.3 Å². The molecule has 3 nitrogen and oxygen atoms in total. The van der Waals surface area contributed by atoms with E-state index in [1.54, 1.807) is 0 Å². The highest BCUT2D eigenvalue weighted by molar-refractivity contribution is 9.10. The second kappa shape index (κ2) is 4.18. The van der Waals surface area contributed by atoms with E-state index >= 15 is 0 Å². The Kier molecular flexibility index (Phi) is 3.00. The molecule has 0 fully saturated rings. The average Bonchev–Trinajstić information content (AvgIpc) is 2.57. The van der Waals surface area contributed by atoms with E-state index in [1.165, 1.54) is 5.56 Å². The molecule has 90 valence electrons. The van der Waals surface area contributed by atoms with Crippen LogP contribution in [0.15, 0.2) is 28.9 Å². The standard InChI is InChI=1S/C13H16BrN3/c1-13(2,3)9-6-4-8(5-7-9)10-11(14)17-12(15)16-10/h4-7H,1-3H3,(H3,15,16,17). The molecule has 0 saturated heterocycles. The average molecular weight is 294 g/mol. The Bertz CT molecular complexity index is 521. The lowest BCUT2D eigenvalue weighted by atomic mass is 9.86. The third-order valence-electron chi connectivity index (χ3n) is 2.70. The molecule has 17 heavy (non-hydrogen) atoms. The maximum Gasteiger partial charge on any atom is 0.198 e. The third-order valence-corrected chi connectivity index (χ3v) is 3.28. The molecule has 0 aliphatic carbocycles. The van der Waals surface area contributed by atoms with Crippen molar-refractivity contribution >= 4 is 21.9 Å². The Morgan fingerprint density at radius 2 is 1.76 bits per heavy atom. The first-order chi connectivity index (χ1) is 7.88. The largest absolute Gasteiger partial charge is 0.369 e. The normalized spacial score (nSPS) is 11.8. The molecule has 2 rings (SSSR count). The van der Waals surface area contributed by atoms with Crippen LogP contribution >= 0.6 is 15.9 Å². The van der Waals surface area contributed by atoms with E-state index in [0.717, 1.165) is 15.9 Å². The Balaban J connectivity index is 2.39. The van der Waals surface area contributed by atoms with Gasteiger partial charge in [0.05, 0.1) is 0 Å². The minimum Gasteiger partial charge on any atom is -0.369 e. The summed E-state index contributed by atoms with van der Waals surface area (Å²) in [6.45, 7) is 6.60. The van der Waals surface area contributed by atoms with Crippen LogP contribution in [0.1, 0.15) is 26.3 Å². The van der Waals surface area contributed by atoms with Gasteiger partial charge in [0.1, 0.15) is 10.3 Å². The molecule has 1 aromatic carbocycles. The van der Waals surface area contributed by atoms with Crippen molar-refractivity contribution in [2.45, 2.75) is 26.2 Å². The van der Waals surface area contributed by atoms with Crippen molar-refractivity contribution in [3.8, 4) is 11.3 Å². The third kappa shape index (κ3) is 2.52. The zero-order valence-corrected chi connectivity index (χ0v) is 11.8. The van der Waals surface area contributed by atoms with Crippen molar-refractivity contribution in [3.05, 3.63) is 34.4 Å². The Morgan fingerprint density at radius 1 is 1.18 bits per heavy atom. The summed E-state index contributed by atoms with van der Waals surface area (Å²) in [5, 5.41) is 0. The SMILES string of the molecule is CC(C)(C)c1ccc(-c2nc(N)[nH]c2Br)cc1. The number of aromatic amines is 1. The monoisotopic (exact) mass is 293 g/mol. The smallest absolute Gasteiger partial charge is 0.198 e. The van der Waals surface area contributed by atoms with E-state index in [4.69, 9.17) is 5.73 Å². The molecule has 1 heterocycles. The van der Waals surface area contributed by atoms with Gasteiger partial charge in [-0.25, -0.2) is 4.98 Å². The van der Waals surface area contributed by atoms with Crippen LogP contribution in [-0.2, 0) is 5.41 Å². The number of nitrogens with two attached hydrogens (primary N) is 1. The van der Waals surface area contributed by atoms with Crippen LogP contribution in [-0.4, -0.2) is 9.97 Å². The number of imidazole rings is 1. The Labute approximate surface area is 110 Å². The molecule has 0 atom stereocenters. The van der Waals surface area contributed by atoms with Crippen molar-refractivity contribution in [3.63, 3.8) is 0 Å². The van der Waals surface area contributed by atoms with Gasteiger partial charge in [0.15, 0.2) is 5.95 Å². The highest BCUT2D eigenvalue weighted by Gasteiger charge is 2.14. The first kappa shape index (κ1) is 12.2. The molecule has 0 saturated carbocycles. The second-order valence-electron chi connectivity index (χ2n) is 5.11. The number of anilines is 1. The summed E-state index contributed by atoms with van der Waals surface area (Å²) in [4.78, 5) is 7.18. The zero-order chi connectivity index (χ0) is 12.6. The maximum absolute atomic E-state index is 5.62. The van der Waals surface area contributed by atoms with Crippen molar-refractivity contribution in [2.24, 2.45) is 0 Å². The van der Waals surface area contributed by atoms with Gasteiger partial charge in [-0.2, -0.15) is 0 Å². The number of nitrogens with zero attached hydrogens (tertiary/aromatic N) is 1. The second-order valence-corrected chi connectivity index (χ2v) is 5.90. The molecule has 4 heteroatoms. The van der Waals surface area contributed by atoms with Crippen LogP contribution in [0.4, 0.5) is 5.95 Å². The van der Waals surface area contributed by atoms with Gasteiger partial charge in [0, 0.05) is 5.56 Å². The van der Waals surface area contributed by atoms with Gasteiger partial charge in [-0.3, -0.25) is 0 Å². The molecule has 0 radical (unpaired) electrons. The molecular weight excluding hydrogens is 278 g/mol. The van der Waals surface area contributed by atoms with Gasteiger partial charge in [0.25, 0.3) is 0 Å². The summed E-state index contributed by atoms with van der Waals surface area (Å²) in [5.74, 6) is 0.423. The Morgan fingerprint density at radius 3 is 2.18 bits per heavy atom. The minimum atomic E-state index is 0.167. The number of benzene rings is 1. The number of rotatable bonds is 1. The zero-order valence-electron chi connectivity index (χ0n) is 10.2. The maximum atomic E-state index is 5.62. The summed E-state index contributed by atoms with van der Waals surface area (Å²) in [6, 6.07) is 8.40. The van der Waals surface area contributed by atoms with E-state index < -0.39 is 0 Å². The van der Waals surface area contributed by atoms with Crippen LogP contribution in [0, 0.1) is 0 Å². The van der Waals surface area contributed by atoms with Gasteiger partial charge >= 0.3 is 0 Å². The van der Waals surface area contributed by atoms with Gasteiger partial charge in [-0.15, -0.1) is 0 Å². The molecule has 0 amide bonds. The predicted octanol–water partition coefficient (Wildman–Crippen LogP) is 3.72. The Hall–Kier alpha value is -1.29. The fraction of sp³-hybridized carbons (Fsp3) is 0.308. The van der Waals surface area contributed by atoms with Gasteiger partial charge < -0.3 is 10.7 Å². The quantitative estimate of drug-likeness (QED) is 0.842. The number of hydrogen-bond donors (Lipinski definition) is 2. The van der Waals surface area contributed by atoms with Gasteiger partial charge in [0.2, 0.25) is 0 Å². The van der Waals surface area contributed by atoms with E-state index in [1.807, 2.05) is 0 Å². The number of nitrogens with one attached hydrogen (secondary N) is 1. The van der Waals surface area contributed by atoms with Crippen molar-refractivity contribution in [1.82, 2.24) is 9.97 Å². The fourth-order valence-corrected chi connectivity index (χ4v) is 2.21. The minimum absolute atomic E-state index is 0.167. The number of halogens is 1. The summed E-state index contributed by atoms with van der Waals surface area (Å²) < 4.78 is 0.818. The van der Waals surface area contributed by atoms with E-state index in [9.17, 15) is 0 Å². The van der Waals surface area contributed by atoms with Crippen LogP contribution in [0.3, 0.4) is 0 Å². The first-order valence-electron chi connectivity index (χ1n) is 5.50. The van der Waals surface area contributed by atoms with E-state index in [2.05, 4.69) is 70.9 Å². The van der Waals surface area contributed by atoms with Crippen LogP contribution in [0.5, 0.6) is 0 Å². The highest BCUT2D eigenvalue weighted by Crippen LogP contribution is 2.29. The van der Waals surface area contributed by atoms with Crippen molar-refractivity contribution < 1.29 is 0 Å². The van der Waals surface area contributed by atoms with Crippen molar-refractivity contribution in [2.75, 3.05) is 5.73 Å². The number of H-pyrrole nitrogens is 1. The molecule has 3 N–H and O–H groups in total. The molecule has 0 bridgehead atoms. The van der Waals surface area contributed by atoms with E-state index in [0.29, 0.717) is 5.95 Å². The molecule has 0 aliphatic heterocycles. The summed E-state index contributed by atoms with van der Waals surface area (Å²) in [7, 11) is 0. The number of nitrogen functional groups attached to an aromatic ring is 1. The lowest BCUT2D eigenvalue weighted by molar-refractivity contribution is 0.590. The van der Waals surface area contributed by atoms with Crippen molar-refractivity contribution in [1.29, 1.82) is 0 Å². The molecule has 1 aromatic heterocycles. The first-order valence-corrected chi connectivity index (χ1v) is 6.29. The predicted molar refractivity (Wildman–Crippen MR) is 74.8 cm³/mol. The molecule has 0 aliphatic rings.